The van der Waals surface area contributed by atoms with Crippen LogP contribution in [-0.4, -0.2) is 20.5 Å². The van der Waals surface area contributed by atoms with Crippen LogP contribution in [0, 0.1) is 6.92 Å². The second-order valence-corrected chi connectivity index (χ2v) is 4.82. The first kappa shape index (κ1) is 8.97. The van der Waals surface area contributed by atoms with Gasteiger partial charge in [0.1, 0.15) is 12.2 Å². The van der Waals surface area contributed by atoms with Gasteiger partial charge in [-0.1, -0.05) is 6.07 Å². The highest BCUT2D eigenvalue weighted by Crippen LogP contribution is 2.30. The third kappa shape index (κ3) is 1.45. The topological polar surface area (TPSA) is 30.7 Å². The highest BCUT2D eigenvalue weighted by atomic mass is 32.2. The number of aryl methyl sites for hydroxylation is 2. The normalized spacial score (nSPS) is 14.2. The van der Waals surface area contributed by atoms with E-state index in [9.17, 15) is 0 Å². The van der Waals surface area contributed by atoms with E-state index in [0.29, 0.717) is 0 Å². The molecule has 0 atom stereocenters. The third-order valence-electron chi connectivity index (χ3n) is 2.58. The van der Waals surface area contributed by atoms with E-state index in [0.717, 1.165) is 18.0 Å². The number of hydrogen-bond donors (Lipinski definition) is 0. The van der Waals surface area contributed by atoms with Crippen molar-refractivity contribution in [1.82, 2.24) is 14.8 Å². The van der Waals surface area contributed by atoms with Gasteiger partial charge in [-0.2, -0.15) is 0 Å². The summed E-state index contributed by atoms with van der Waals surface area (Å²) in [6.45, 7) is 2.11. The van der Waals surface area contributed by atoms with Crippen LogP contribution in [0.5, 0.6) is 0 Å². The molecule has 1 aliphatic heterocycles. The van der Waals surface area contributed by atoms with Gasteiger partial charge in [0.15, 0.2) is 0 Å². The number of rotatable bonds is 0. The summed E-state index contributed by atoms with van der Waals surface area (Å²) < 4.78 is 2.10. The fraction of sp³-hybridized carbons (Fsp3) is 0.273. The molecule has 1 aromatic carbocycles. The maximum absolute atomic E-state index is 4.14. The summed E-state index contributed by atoms with van der Waals surface area (Å²) in [5, 5.41) is 8.12. The standard InChI is InChI=1S/C11H11N3S/c1-8-2-3-10-9(6-8)14-7-12-13-11(14)4-5-15-10/h2-3,6-7H,4-5H2,1H3. The van der Waals surface area contributed by atoms with Gasteiger partial charge in [0, 0.05) is 17.1 Å². The molecule has 0 fully saturated rings. The maximum Gasteiger partial charge on any atom is 0.138 e. The van der Waals surface area contributed by atoms with Crippen LogP contribution in [0.15, 0.2) is 29.4 Å². The van der Waals surface area contributed by atoms with Crippen LogP contribution in [-0.2, 0) is 6.42 Å². The van der Waals surface area contributed by atoms with E-state index in [2.05, 4.69) is 39.9 Å². The lowest BCUT2D eigenvalue weighted by Crippen LogP contribution is -1.99. The van der Waals surface area contributed by atoms with Gasteiger partial charge in [0.25, 0.3) is 0 Å². The monoisotopic (exact) mass is 217 g/mol. The van der Waals surface area contributed by atoms with Gasteiger partial charge in [-0.15, -0.1) is 22.0 Å². The Morgan fingerprint density at radius 1 is 1.40 bits per heavy atom. The summed E-state index contributed by atoms with van der Waals surface area (Å²) >= 11 is 1.89. The third-order valence-corrected chi connectivity index (χ3v) is 3.64. The lowest BCUT2D eigenvalue weighted by atomic mass is 10.2. The molecule has 3 nitrogen and oxygen atoms in total. The van der Waals surface area contributed by atoms with Crippen molar-refractivity contribution >= 4 is 11.8 Å². The van der Waals surface area contributed by atoms with Crippen LogP contribution < -0.4 is 0 Å². The Morgan fingerprint density at radius 3 is 3.27 bits per heavy atom. The second kappa shape index (κ2) is 3.38. The zero-order valence-corrected chi connectivity index (χ0v) is 9.29. The molecule has 1 aliphatic rings. The van der Waals surface area contributed by atoms with Gasteiger partial charge in [0.05, 0.1) is 5.69 Å². The lowest BCUT2D eigenvalue weighted by molar-refractivity contribution is 0.889. The average Bonchev–Trinajstić information content (AvgIpc) is 2.62. The molecule has 2 heterocycles. The molecular formula is C11H11N3S. The summed E-state index contributed by atoms with van der Waals surface area (Å²) in [7, 11) is 0. The minimum absolute atomic E-state index is 0.985. The molecule has 15 heavy (non-hydrogen) atoms. The van der Waals surface area contributed by atoms with Gasteiger partial charge >= 0.3 is 0 Å². The van der Waals surface area contributed by atoms with Crippen molar-refractivity contribution in [2.24, 2.45) is 0 Å². The highest BCUT2D eigenvalue weighted by molar-refractivity contribution is 7.99. The summed E-state index contributed by atoms with van der Waals surface area (Å²) in [6.07, 6.45) is 2.79. The van der Waals surface area contributed by atoms with Crippen molar-refractivity contribution < 1.29 is 0 Å². The van der Waals surface area contributed by atoms with E-state index < -0.39 is 0 Å². The number of fused-ring (bicyclic) bond motifs is 3. The zero-order valence-electron chi connectivity index (χ0n) is 8.47. The first-order valence-electron chi connectivity index (χ1n) is 4.97. The Labute approximate surface area is 92.5 Å². The fourth-order valence-electron chi connectivity index (χ4n) is 1.82. The van der Waals surface area contributed by atoms with Gasteiger partial charge < -0.3 is 0 Å². The van der Waals surface area contributed by atoms with Crippen LogP contribution in [0.25, 0.3) is 5.69 Å². The lowest BCUT2D eigenvalue weighted by Gasteiger charge is -2.07. The summed E-state index contributed by atoms with van der Waals surface area (Å²) in [5.41, 5.74) is 2.49. The van der Waals surface area contributed by atoms with Crippen LogP contribution in [0.3, 0.4) is 0 Å². The maximum atomic E-state index is 4.14. The molecule has 1 aromatic heterocycles. The molecule has 4 heteroatoms. The van der Waals surface area contributed by atoms with E-state index >= 15 is 0 Å². The van der Waals surface area contributed by atoms with Crippen LogP contribution in [0.1, 0.15) is 11.4 Å². The van der Waals surface area contributed by atoms with E-state index in [1.54, 1.807) is 6.33 Å². The molecule has 0 N–H and O–H groups in total. The highest BCUT2D eigenvalue weighted by Gasteiger charge is 2.15. The fourth-order valence-corrected chi connectivity index (χ4v) is 2.79. The first-order chi connectivity index (χ1) is 7.34. The van der Waals surface area contributed by atoms with Crippen molar-refractivity contribution in [3.63, 3.8) is 0 Å². The van der Waals surface area contributed by atoms with Crippen molar-refractivity contribution in [2.75, 3.05) is 5.75 Å². The Hall–Kier alpha value is -1.29. The van der Waals surface area contributed by atoms with E-state index in [1.165, 1.54) is 16.1 Å². The Balaban J connectivity index is 2.27. The first-order valence-corrected chi connectivity index (χ1v) is 5.96. The molecular weight excluding hydrogens is 206 g/mol. The van der Waals surface area contributed by atoms with Crippen LogP contribution >= 0.6 is 11.8 Å². The minimum atomic E-state index is 0.985. The van der Waals surface area contributed by atoms with E-state index in [4.69, 9.17) is 0 Å². The van der Waals surface area contributed by atoms with Crippen molar-refractivity contribution in [3.8, 4) is 5.69 Å². The molecule has 0 amide bonds. The number of aromatic nitrogens is 3. The van der Waals surface area contributed by atoms with Crippen molar-refractivity contribution in [3.05, 3.63) is 35.9 Å². The number of nitrogens with zero attached hydrogens (tertiary/aromatic N) is 3. The van der Waals surface area contributed by atoms with E-state index in [1.807, 2.05) is 11.8 Å². The number of thioether (sulfide) groups is 1. The number of benzene rings is 1. The molecule has 0 saturated heterocycles. The predicted molar refractivity (Wildman–Crippen MR) is 60.5 cm³/mol. The van der Waals surface area contributed by atoms with Gasteiger partial charge in [-0.3, -0.25) is 4.57 Å². The Kier molecular flexibility index (Phi) is 2.02. The predicted octanol–water partition coefficient (Wildman–Crippen LogP) is 2.22. The van der Waals surface area contributed by atoms with Crippen molar-refractivity contribution in [1.29, 1.82) is 0 Å². The molecule has 3 rings (SSSR count). The minimum Gasteiger partial charge on any atom is -0.284 e. The second-order valence-electron chi connectivity index (χ2n) is 3.69. The van der Waals surface area contributed by atoms with Crippen LogP contribution in [0.4, 0.5) is 0 Å². The summed E-state index contributed by atoms with van der Waals surface area (Å²) in [5.74, 6) is 2.14. The smallest absolute Gasteiger partial charge is 0.138 e. The van der Waals surface area contributed by atoms with Gasteiger partial charge in [0.2, 0.25) is 0 Å². The molecule has 0 unspecified atom stereocenters. The molecule has 0 saturated carbocycles. The molecule has 2 aromatic rings. The molecule has 0 spiro atoms. The average molecular weight is 217 g/mol. The molecule has 0 bridgehead atoms. The quantitative estimate of drug-likeness (QED) is 0.678. The zero-order chi connectivity index (χ0) is 10.3. The van der Waals surface area contributed by atoms with Gasteiger partial charge in [-0.05, 0) is 24.6 Å². The van der Waals surface area contributed by atoms with Gasteiger partial charge in [-0.25, -0.2) is 0 Å². The number of hydrogen-bond acceptors (Lipinski definition) is 3. The largest absolute Gasteiger partial charge is 0.284 e. The molecule has 76 valence electrons. The SMILES string of the molecule is Cc1ccc2c(c1)-n1cnnc1CCS2. The summed E-state index contributed by atoms with van der Waals surface area (Å²) in [6, 6.07) is 6.53. The molecule has 0 aliphatic carbocycles. The Bertz CT molecular complexity index is 504. The van der Waals surface area contributed by atoms with E-state index in [-0.39, 0.29) is 0 Å². The Morgan fingerprint density at radius 2 is 2.33 bits per heavy atom. The van der Waals surface area contributed by atoms with Crippen LogP contribution in [0.2, 0.25) is 0 Å². The molecule has 0 radical (unpaired) electrons. The van der Waals surface area contributed by atoms with Crippen molar-refractivity contribution in [2.45, 2.75) is 18.2 Å². The summed E-state index contributed by atoms with van der Waals surface area (Å²) in [4.78, 5) is 1.32.